The van der Waals surface area contributed by atoms with Crippen LogP contribution in [0.2, 0.25) is 0 Å². The number of hydrogen-bond acceptors (Lipinski definition) is 2. The van der Waals surface area contributed by atoms with Crippen molar-refractivity contribution in [3.63, 3.8) is 0 Å². The third kappa shape index (κ3) is 6.08. The Morgan fingerprint density at radius 2 is 1.76 bits per heavy atom. The molecule has 3 rings (SSSR count). The molecule has 1 aromatic rings. The van der Waals surface area contributed by atoms with Crippen molar-refractivity contribution in [2.75, 3.05) is 0 Å². The van der Waals surface area contributed by atoms with Crippen LogP contribution < -0.4 is 0 Å². The Balaban J connectivity index is 1.57. The number of isothiocyanates is 1. The zero-order valence-electron chi connectivity index (χ0n) is 17.1. The first-order valence-electron chi connectivity index (χ1n) is 10.9. The van der Waals surface area contributed by atoms with E-state index in [1.807, 2.05) is 0 Å². The van der Waals surface area contributed by atoms with E-state index in [0.717, 1.165) is 54.7 Å². The number of nitrogens with zero attached hydrogens (tertiary/aromatic N) is 1. The lowest BCUT2D eigenvalue weighted by atomic mass is 9.71. The number of halogens is 2. The van der Waals surface area contributed by atoms with E-state index in [9.17, 15) is 8.78 Å². The van der Waals surface area contributed by atoms with Gasteiger partial charge < -0.3 is 0 Å². The first-order valence-corrected chi connectivity index (χ1v) is 11.3. The molecule has 0 spiro atoms. The Kier molecular flexibility index (Phi) is 8.16. The van der Waals surface area contributed by atoms with Crippen LogP contribution in [0.25, 0.3) is 0 Å². The first kappa shape index (κ1) is 21.9. The quantitative estimate of drug-likeness (QED) is 0.273. The standard InChI is InChI=1S/C25H29F2NS/c1-2-3-4-18-5-10-20(11-6-18)21-12-7-19(8-13-21)9-14-23-24(26)15-22(28-17-29)16-25(23)27/h7,15-16,18,20-21H,2-6,8,10-13H2,1H3. The summed E-state index contributed by atoms with van der Waals surface area (Å²) < 4.78 is 28.2. The minimum atomic E-state index is -0.712. The van der Waals surface area contributed by atoms with Gasteiger partial charge in [0.25, 0.3) is 0 Å². The second kappa shape index (κ2) is 10.8. The zero-order chi connectivity index (χ0) is 20.6. The van der Waals surface area contributed by atoms with Gasteiger partial charge in [-0.3, -0.25) is 0 Å². The minimum Gasteiger partial charge on any atom is -0.205 e. The molecule has 0 N–H and O–H groups in total. The van der Waals surface area contributed by atoms with Crippen LogP contribution >= 0.6 is 12.2 Å². The Labute approximate surface area is 178 Å². The van der Waals surface area contributed by atoms with Crippen molar-refractivity contribution in [3.8, 4) is 11.8 Å². The summed E-state index contributed by atoms with van der Waals surface area (Å²) in [7, 11) is 0. The van der Waals surface area contributed by atoms with E-state index < -0.39 is 11.6 Å². The molecule has 1 unspecified atom stereocenters. The summed E-state index contributed by atoms with van der Waals surface area (Å²) in [5.41, 5.74) is 0.907. The van der Waals surface area contributed by atoms with Crippen LogP contribution in [0.5, 0.6) is 0 Å². The molecule has 0 aromatic heterocycles. The lowest BCUT2D eigenvalue weighted by molar-refractivity contribution is 0.186. The normalized spacial score (nSPS) is 24.1. The molecule has 0 amide bonds. The predicted molar refractivity (Wildman–Crippen MR) is 118 cm³/mol. The van der Waals surface area contributed by atoms with Gasteiger partial charge in [-0.15, -0.1) is 0 Å². The monoisotopic (exact) mass is 413 g/mol. The van der Waals surface area contributed by atoms with Gasteiger partial charge in [-0.25, -0.2) is 8.78 Å². The average molecular weight is 414 g/mol. The summed E-state index contributed by atoms with van der Waals surface area (Å²) in [6.45, 7) is 2.27. The summed E-state index contributed by atoms with van der Waals surface area (Å²) in [6.07, 6.45) is 14.8. The predicted octanol–water partition coefficient (Wildman–Crippen LogP) is 7.77. The molecule has 0 bridgehead atoms. The molecular formula is C25H29F2NS. The Bertz CT molecular complexity index is 826. The van der Waals surface area contributed by atoms with Crippen LogP contribution in [-0.4, -0.2) is 5.16 Å². The van der Waals surface area contributed by atoms with E-state index in [2.05, 4.69) is 47.2 Å². The fourth-order valence-corrected chi connectivity index (χ4v) is 4.88. The molecule has 1 fully saturated rings. The van der Waals surface area contributed by atoms with Gasteiger partial charge in [0.15, 0.2) is 0 Å². The number of allylic oxidation sites excluding steroid dienone is 2. The van der Waals surface area contributed by atoms with Gasteiger partial charge in [-0.05, 0) is 67.6 Å². The molecule has 29 heavy (non-hydrogen) atoms. The number of unbranched alkanes of at least 4 members (excludes halogenated alkanes) is 1. The van der Waals surface area contributed by atoms with E-state index in [0.29, 0.717) is 0 Å². The summed E-state index contributed by atoms with van der Waals surface area (Å²) in [4.78, 5) is 3.62. The molecule has 2 aliphatic rings. The van der Waals surface area contributed by atoms with Gasteiger partial charge in [0.2, 0.25) is 0 Å². The molecule has 0 aliphatic heterocycles. The smallest absolute Gasteiger partial charge is 0.143 e. The van der Waals surface area contributed by atoms with Gasteiger partial charge in [0, 0.05) is 12.1 Å². The highest BCUT2D eigenvalue weighted by Crippen LogP contribution is 2.40. The molecule has 1 aromatic carbocycles. The lowest BCUT2D eigenvalue weighted by Gasteiger charge is -2.35. The van der Waals surface area contributed by atoms with Gasteiger partial charge in [0.1, 0.15) is 11.6 Å². The molecule has 1 atom stereocenters. The summed E-state index contributed by atoms with van der Waals surface area (Å²) in [6, 6.07) is 2.27. The molecule has 0 radical (unpaired) electrons. The topological polar surface area (TPSA) is 12.4 Å². The van der Waals surface area contributed by atoms with Gasteiger partial charge in [-0.2, -0.15) is 4.99 Å². The molecule has 1 saturated carbocycles. The number of hydrogen-bond donors (Lipinski definition) is 0. The second-order valence-corrected chi connectivity index (χ2v) is 8.61. The lowest BCUT2D eigenvalue weighted by Crippen LogP contribution is -2.23. The van der Waals surface area contributed by atoms with Crippen LogP contribution in [0.4, 0.5) is 14.5 Å². The van der Waals surface area contributed by atoms with Crippen LogP contribution in [0.15, 0.2) is 28.8 Å². The van der Waals surface area contributed by atoms with Crippen LogP contribution in [-0.2, 0) is 0 Å². The molecule has 154 valence electrons. The van der Waals surface area contributed by atoms with Crippen molar-refractivity contribution < 1.29 is 8.78 Å². The van der Waals surface area contributed by atoms with Crippen molar-refractivity contribution in [3.05, 3.63) is 41.0 Å². The average Bonchev–Trinajstić information content (AvgIpc) is 2.73. The maximum atomic E-state index is 14.1. The minimum absolute atomic E-state index is 0.115. The van der Waals surface area contributed by atoms with Crippen LogP contribution in [0, 0.1) is 41.2 Å². The highest BCUT2D eigenvalue weighted by Gasteiger charge is 2.28. The molecule has 2 aliphatic carbocycles. The largest absolute Gasteiger partial charge is 0.205 e. The fraction of sp³-hybridized carbons (Fsp3) is 0.560. The van der Waals surface area contributed by atoms with Gasteiger partial charge in [-0.1, -0.05) is 56.9 Å². The van der Waals surface area contributed by atoms with Crippen LogP contribution in [0.3, 0.4) is 0 Å². The Hall–Kier alpha value is -1.82. The molecule has 0 heterocycles. The van der Waals surface area contributed by atoms with E-state index in [1.165, 1.54) is 44.9 Å². The zero-order valence-corrected chi connectivity index (χ0v) is 18.0. The van der Waals surface area contributed by atoms with Crippen LogP contribution in [0.1, 0.15) is 76.7 Å². The second-order valence-electron chi connectivity index (χ2n) is 8.42. The maximum Gasteiger partial charge on any atom is 0.143 e. The SMILES string of the molecule is CCCCC1CCC(C2CC=C(C#Cc3c(F)cc(N=C=S)cc3F)CC2)CC1. The number of benzene rings is 1. The Morgan fingerprint density at radius 1 is 1.03 bits per heavy atom. The van der Waals surface area contributed by atoms with Crippen molar-refractivity contribution in [1.82, 2.24) is 0 Å². The van der Waals surface area contributed by atoms with Crippen molar-refractivity contribution in [2.24, 2.45) is 22.7 Å². The molecule has 1 nitrogen and oxygen atoms in total. The summed E-state index contributed by atoms with van der Waals surface area (Å²) in [5.74, 6) is 6.77. The van der Waals surface area contributed by atoms with Crippen molar-refractivity contribution >= 4 is 23.1 Å². The van der Waals surface area contributed by atoms with E-state index in [-0.39, 0.29) is 11.3 Å². The highest BCUT2D eigenvalue weighted by molar-refractivity contribution is 7.78. The number of thiocarbonyl (C=S) groups is 1. The maximum absolute atomic E-state index is 14.1. The number of aliphatic imine (C=N–C) groups is 1. The Morgan fingerprint density at radius 3 is 2.34 bits per heavy atom. The number of rotatable bonds is 5. The summed E-state index contributed by atoms with van der Waals surface area (Å²) in [5, 5.41) is 2.11. The summed E-state index contributed by atoms with van der Waals surface area (Å²) >= 11 is 4.47. The first-order chi connectivity index (χ1) is 14.1. The van der Waals surface area contributed by atoms with Gasteiger partial charge in [0.05, 0.1) is 16.4 Å². The third-order valence-corrected chi connectivity index (χ3v) is 6.62. The highest BCUT2D eigenvalue weighted by atomic mass is 32.1. The van der Waals surface area contributed by atoms with E-state index in [4.69, 9.17) is 0 Å². The van der Waals surface area contributed by atoms with Gasteiger partial charge >= 0.3 is 0 Å². The van der Waals surface area contributed by atoms with Crippen molar-refractivity contribution in [1.29, 1.82) is 0 Å². The third-order valence-electron chi connectivity index (χ3n) is 6.53. The molecule has 4 heteroatoms. The molecular weight excluding hydrogens is 384 g/mol. The van der Waals surface area contributed by atoms with Crippen molar-refractivity contribution in [2.45, 2.75) is 71.1 Å². The molecule has 0 saturated heterocycles. The van der Waals surface area contributed by atoms with E-state index in [1.54, 1.807) is 0 Å². The van der Waals surface area contributed by atoms with E-state index >= 15 is 0 Å². The fourth-order valence-electron chi connectivity index (χ4n) is 4.78.